The molecule has 2 aliphatic heterocycles. The van der Waals surface area contributed by atoms with Gasteiger partial charge in [-0.3, -0.25) is 14.2 Å². The summed E-state index contributed by atoms with van der Waals surface area (Å²) in [6.07, 6.45) is 12.5. The zero-order valence-corrected chi connectivity index (χ0v) is 8.74. The molecule has 0 aromatic heterocycles. The van der Waals surface area contributed by atoms with Crippen molar-refractivity contribution in [3.8, 4) is 0 Å². The molecular weight excluding hydrogens is 224 g/mol. The molecule has 17 heavy (non-hydrogen) atoms. The molecule has 2 N–H and O–H groups in total. The summed E-state index contributed by atoms with van der Waals surface area (Å²) in [6, 6.07) is 0. The molecule has 0 radical (unpaired) electrons. The van der Waals surface area contributed by atoms with Gasteiger partial charge >= 0.3 is 0 Å². The van der Waals surface area contributed by atoms with Crippen LogP contribution in [-0.4, -0.2) is 33.4 Å². The van der Waals surface area contributed by atoms with Crippen LogP contribution in [0.3, 0.4) is 0 Å². The summed E-state index contributed by atoms with van der Waals surface area (Å²) >= 11 is 0. The Hall–Kier alpha value is -1.24. The lowest BCUT2D eigenvalue weighted by atomic mass is 9.96. The van der Waals surface area contributed by atoms with Crippen molar-refractivity contribution in [2.45, 2.75) is 23.1 Å². The minimum atomic E-state index is -1.72. The van der Waals surface area contributed by atoms with Gasteiger partial charge in [0.1, 0.15) is 0 Å². The van der Waals surface area contributed by atoms with E-state index in [-0.39, 0.29) is 0 Å². The molecule has 4 unspecified atom stereocenters. The lowest BCUT2D eigenvalue weighted by Crippen LogP contribution is -2.62. The molecule has 4 atom stereocenters. The first-order chi connectivity index (χ1) is 8.04. The number of hydrogen-bond donors (Lipinski definition) is 2. The van der Waals surface area contributed by atoms with Crippen LogP contribution in [0.15, 0.2) is 48.6 Å². The monoisotopic (exact) mass is 234 g/mol. The number of hydrogen-bond acceptors (Lipinski definition) is 5. The summed E-state index contributed by atoms with van der Waals surface area (Å²) < 4.78 is 16.7. The normalized spacial score (nSPS) is 57.3. The maximum absolute atomic E-state index is 10.4. The molecule has 0 saturated carbocycles. The Labute approximate surface area is 96.9 Å². The second-order valence-electron chi connectivity index (χ2n) is 4.47. The lowest BCUT2D eigenvalue weighted by Gasteiger charge is -2.43. The molecule has 5 heteroatoms. The van der Waals surface area contributed by atoms with Gasteiger partial charge in [-0.1, -0.05) is 24.3 Å². The summed E-state index contributed by atoms with van der Waals surface area (Å²) in [6.45, 7) is 0. The summed E-state index contributed by atoms with van der Waals surface area (Å²) in [4.78, 5) is 0. The van der Waals surface area contributed by atoms with Crippen LogP contribution in [0.1, 0.15) is 0 Å². The second kappa shape index (κ2) is 2.45. The maximum Gasteiger partial charge on any atom is 0.254 e. The van der Waals surface area contributed by atoms with Crippen LogP contribution < -0.4 is 0 Å². The van der Waals surface area contributed by atoms with E-state index in [1.54, 1.807) is 24.3 Å². The molecule has 0 aromatic rings. The third-order valence-electron chi connectivity index (χ3n) is 3.41. The average molecular weight is 234 g/mol. The molecule has 0 amide bonds. The van der Waals surface area contributed by atoms with E-state index in [2.05, 4.69) is 0 Å². The van der Waals surface area contributed by atoms with E-state index in [9.17, 15) is 10.2 Å². The molecule has 0 aromatic carbocycles. The summed E-state index contributed by atoms with van der Waals surface area (Å²) in [5.74, 6) is -6.45. The van der Waals surface area contributed by atoms with E-state index in [0.29, 0.717) is 0 Å². The molecule has 4 rings (SSSR count). The van der Waals surface area contributed by atoms with Crippen molar-refractivity contribution in [2.75, 3.05) is 0 Å². The predicted molar refractivity (Wildman–Crippen MR) is 55.2 cm³/mol. The van der Waals surface area contributed by atoms with E-state index in [0.717, 1.165) is 0 Å². The average Bonchev–Trinajstić information content (AvgIpc) is 2.68. The summed E-state index contributed by atoms with van der Waals surface area (Å²) in [5.41, 5.74) is 0. The molecule has 2 aliphatic carbocycles. The highest BCUT2D eigenvalue weighted by atomic mass is 17.0. The highest BCUT2D eigenvalue weighted by molar-refractivity contribution is 5.36. The van der Waals surface area contributed by atoms with Gasteiger partial charge in [0, 0.05) is 0 Å². The van der Waals surface area contributed by atoms with Crippen LogP contribution in [0, 0.1) is 0 Å². The Morgan fingerprint density at radius 3 is 1.47 bits per heavy atom. The van der Waals surface area contributed by atoms with Gasteiger partial charge in [-0.05, 0) is 24.3 Å². The van der Waals surface area contributed by atoms with Gasteiger partial charge in [-0.15, -0.1) is 0 Å². The summed E-state index contributed by atoms with van der Waals surface area (Å²) in [5, 5.41) is 20.7. The Morgan fingerprint density at radius 2 is 1.00 bits per heavy atom. The van der Waals surface area contributed by atoms with Crippen LogP contribution in [0.4, 0.5) is 0 Å². The van der Waals surface area contributed by atoms with Crippen molar-refractivity contribution in [1.82, 2.24) is 0 Å². The van der Waals surface area contributed by atoms with Crippen molar-refractivity contribution < 1.29 is 24.4 Å². The third kappa shape index (κ3) is 0.863. The Balaban J connectivity index is 1.94. The standard InChI is InChI=1S/C12H10O5/c13-9-5-1-3-7-11(9)16-10(14)6-2-4-8-12(10,15-9)17-11/h1-8,13-14H. The highest BCUT2D eigenvalue weighted by Gasteiger charge is 2.80. The molecule has 4 aliphatic rings. The van der Waals surface area contributed by atoms with Crippen molar-refractivity contribution >= 4 is 0 Å². The largest absolute Gasteiger partial charge is 0.358 e. The molecule has 88 valence electrons. The SMILES string of the molecule is OC12C=CC=CC13OC1(O)C=CC=CC1(O2)O3. The van der Waals surface area contributed by atoms with E-state index in [4.69, 9.17) is 14.2 Å². The predicted octanol–water partition coefficient (Wildman–Crippen LogP) is 0.0852. The zero-order chi connectivity index (χ0) is 11.8. The van der Waals surface area contributed by atoms with Crippen molar-refractivity contribution in [3.05, 3.63) is 48.6 Å². The van der Waals surface area contributed by atoms with Crippen LogP contribution in [0.25, 0.3) is 0 Å². The van der Waals surface area contributed by atoms with Crippen molar-refractivity contribution in [3.63, 3.8) is 0 Å². The lowest BCUT2D eigenvalue weighted by molar-refractivity contribution is -0.374. The van der Waals surface area contributed by atoms with Gasteiger partial charge in [0.2, 0.25) is 11.6 Å². The molecule has 2 fully saturated rings. The van der Waals surface area contributed by atoms with E-state index in [1.807, 2.05) is 0 Å². The fourth-order valence-corrected chi connectivity index (χ4v) is 2.58. The number of rotatable bonds is 0. The number of aliphatic hydroxyl groups is 2. The van der Waals surface area contributed by atoms with Crippen LogP contribution in [-0.2, 0) is 14.2 Å². The topological polar surface area (TPSA) is 68.2 Å². The van der Waals surface area contributed by atoms with E-state index in [1.165, 1.54) is 24.3 Å². The molecular formula is C12H10O5. The fraction of sp³-hybridized carbons (Fsp3) is 0.333. The van der Waals surface area contributed by atoms with E-state index >= 15 is 0 Å². The summed E-state index contributed by atoms with van der Waals surface area (Å²) in [7, 11) is 0. The van der Waals surface area contributed by atoms with Crippen molar-refractivity contribution in [1.29, 1.82) is 0 Å². The van der Waals surface area contributed by atoms with Crippen LogP contribution in [0.2, 0.25) is 0 Å². The van der Waals surface area contributed by atoms with Crippen LogP contribution in [0.5, 0.6) is 0 Å². The fourth-order valence-electron chi connectivity index (χ4n) is 2.58. The highest BCUT2D eigenvalue weighted by Crippen LogP contribution is 2.60. The first-order valence-corrected chi connectivity index (χ1v) is 5.33. The smallest absolute Gasteiger partial charge is 0.254 e. The minimum Gasteiger partial charge on any atom is -0.358 e. The van der Waals surface area contributed by atoms with Gasteiger partial charge in [-0.2, -0.15) is 0 Å². The van der Waals surface area contributed by atoms with Crippen LogP contribution >= 0.6 is 0 Å². The second-order valence-corrected chi connectivity index (χ2v) is 4.47. The van der Waals surface area contributed by atoms with E-state index < -0.39 is 23.1 Å². The quantitative estimate of drug-likeness (QED) is 0.621. The van der Waals surface area contributed by atoms with Gasteiger partial charge < -0.3 is 10.2 Å². The van der Waals surface area contributed by atoms with Gasteiger partial charge in [-0.25, -0.2) is 0 Å². The maximum atomic E-state index is 10.4. The number of allylic oxidation sites excluding steroid dienone is 4. The molecule has 2 saturated heterocycles. The number of ether oxygens (including phenoxy) is 3. The molecule has 2 spiro atoms. The van der Waals surface area contributed by atoms with Gasteiger partial charge in [0.15, 0.2) is 0 Å². The Bertz CT molecular complexity index is 467. The molecule has 2 bridgehead atoms. The third-order valence-corrected chi connectivity index (χ3v) is 3.41. The van der Waals surface area contributed by atoms with Crippen molar-refractivity contribution in [2.24, 2.45) is 0 Å². The molecule has 2 heterocycles. The Kier molecular flexibility index (Phi) is 1.41. The van der Waals surface area contributed by atoms with Gasteiger partial charge in [0.05, 0.1) is 0 Å². The molecule has 5 nitrogen and oxygen atoms in total. The Morgan fingerprint density at radius 1 is 0.588 bits per heavy atom. The first kappa shape index (κ1) is 9.76. The first-order valence-electron chi connectivity index (χ1n) is 5.33. The zero-order valence-electron chi connectivity index (χ0n) is 8.74. The van der Waals surface area contributed by atoms with Gasteiger partial charge in [0.25, 0.3) is 11.6 Å². The minimum absolute atomic E-state index is 1.44.